The van der Waals surface area contributed by atoms with Gasteiger partial charge in [-0.3, -0.25) is 0 Å². The Hall–Kier alpha value is -1.23. The minimum absolute atomic E-state index is 0.0873. The highest BCUT2D eigenvalue weighted by molar-refractivity contribution is 7.13. The number of aromatic nitrogens is 1. The van der Waals surface area contributed by atoms with Crippen LogP contribution in [0.2, 0.25) is 0 Å². The van der Waals surface area contributed by atoms with Crippen molar-refractivity contribution in [1.82, 2.24) is 10.3 Å². The second-order valence-corrected chi connectivity index (χ2v) is 7.69. The van der Waals surface area contributed by atoms with Crippen molar-refractivity contribution >= 4 is 11.3 Å². The first-order valence-corrected chi connectivity index (χ1v) is 8.64. The molecule has 0 amide bonds. The van der Waals surface area contributed by atoms with Gasteiger partial charge in [0.15, 0.2) is 0 Å². The van der Waals surface area contributed by atoms with Gasteiger partial charge in [-0.15, -0.1) is 11.3 Å². The van der Waals surface area contributed by atoms with Crippen LogP contribution >= 0.6 is 11.3 Å². The molecule has 120 valence electrons. The van der Waals surface area contributed by atoms with Crippen molar-refractivity contribution in [2.75, 3.05) is 6.54 Å². The molecule has 1 unspecified atom stereocenters. The number of hydrogen-bond donors (Lipinski definition) is 2. The Morgan fingerprint density at radius 3 is 2.59 bits per heavy atom. The molecule has 0 aliphatic carbocycles. The van der Waals surface area contributed by atoms with E-state index in [1.165, 1.54) is 11.1 Å². The zero-order valence-corrected chi connectivity index (χ0v) is 14.7. The molecule has 0 saturated heterocycles. The lowest BCUT2D eigenvalue weighted by Gasteiger charge is -2.26. The monoisotopic (exact) mass is 318 g/mol. The van der Waals surface area contributed by atoms with Crippen LogP contribution in [0.1, 0.15) is 38.4 Å². The van der Waals surface area contributed by atoms with E-state index in [1.54, 1.807) is 11.3 Å². The molecule has 0 aliphatic rings. The smallest absolute Gasteiger partial charge is 0.123 e. The fraction of sp³-hybridized carbons (Fsp3) is 0.500. The molecule has 22 heavy (non-hydrogen) atoms. The van der Waals surface area contributed by atoms with E-state index in [4.69, 9.17) is 4.98 Å². The van der Waals surface area contributed by atoms with Gasteiger partial charge in [-0.1, -0.05) is 43.7 Å². The van der Waals surface area contributed by atoms with Crippen molar-refractivity contribution in [2.24, 2.45) is 5.41 Å². The molecule has 3 nitrogen and oxygen atoms in total. The highest BCUT2D eigenvalue weighted by Gasteiger charge is 2.19. The number of nitrogens with one attached hydrogen (secondary N) is 1. The summed E-state index contributed by atoms with van der Waals surface area (Å²) < 4.78 is 0. The van der Waals surface area contributed by atoms with E-state index in [0.717, 1.165) is 30.2 Å². The van der Waals surface area contributed by atoms with Crippen LogP contribution in [0.25, 0.3) is 10.6 Å². The molecule has 0 fully saturated rings. The SMILES string of the molecule is Cc1ccc(-c2nc(CNCC(C)(C)CC(C)O)cs2)cc1. The third kappa shape index (κ3) is 5.20. The Morgan fingerprint density at radius 1 is 1.27 bits per heavy atom. The highest BCUT2D eigenvalue weighted by atomic mass is 32.1. The minimum atomic E-state index is -0.260. The Bertz CT molecular complexity index is 587. The van der Waals surface area contributed by atoms with Crippen LogP contribution in [0.15, 0.2) is 29.6 Å². The number of hydrogen-bond acceptors (Lipinski definition) is 4. The van der Waals surface area contributed by atoms with Gasteiger partial charge in [-0.2, -0.15) is 0 Å². The molecule has 1 aromatic carbocycles. The van der Waals surface area contributed by atoms with E-state index in [9.17, 15) is 5.11 Å². The average molecular weight is 318 g/mol. The summed E-state index contributed by atoms with van der Waals surface area (Å²) in [5, 5.41) is 16.2. The number of aryl methyl sites for hydroxylation is 1. The second kappa shape index (κ2) is 7.36. The van der Waals surface area contributed by atoms with Crippen molar-refractivity contribution in [1.29, 1.82) is 0 Å². The predicted molar refractivity (Wildman–Crippen MR) is 94.1 cm³/mol. The normalized spacial score (nSPS) is 13.3. The van der Waals surface area contributed by atoms with Gasteiger partial charge in [0.05, 0.1) is 11.8 Å². The van der Waals surface area contributed by atoms with Crippen molar-refractivity contribution in [3.8, 4) is 10.6 Å². The molecule has 1 aromatic heterocycles. The first kappa shape index (κ1) is 17.1. The predicted octanol–water partition coefficient (Wildman–Crippen LogP) is 4.01. The van der Waals surface area contributed by atoms with Crippen molar-refractivity contribution < 1.29 is 5.11 Å². The third-order valence-corrected chi connectivity index (χ3v) is 4.55. The molecule has 0 saturated carbocycles. The quantitative estimate of drug-likeness (QED) is 0.811. The second-order valence-electron chi connectivity index (χ2n) is 6.83. The zero-order valence-electron chi connectivity index (χ0n) is 13.9. The fourth-order valence-electron chi connectivity index (χ4n) is 2.62. The maximum Gasteiger partial charge on any atom is 0.123 e. The molecule has 0 bridgehead atoms. The van der Waals surface area contributed by atoms with Crippen molar-refractivity contribution in [2.45, 2.75) is 46.8 Å². The van der Waals surface area contributed by atoms with E-state index >= 15 is 0 Å². The maximum atomic E-state index is 9.51. The Balaban J connectivity index is 1.89. The van der Waals surface area contributed by atoms with Crippen LogP contribution in [0.5, 0.6) is 0 Å². The third-order valence-electron chi connectivity index (χ3n) is 3.61. The van der Waals surface area contributed by atoms with Crippen LogP contribution in [-0.4, -0.2) is 22.7 Å². The van der Waals surface area contributed by atoms with Gasteiger partial charge in [0.25, 0.3) is 0 Å². The Kier molecular flexibility index (Phi) is 5.73. The number of benzene rings is 1. The van der Waals surface area contributed by atoms with Gasteiger partial charge in [-0.25, -0.2) is 4.98 Å². The molecule has 2 aromatic rings. The maximum absolute atomic E-state index is 9.51. The number of aliphatic hydroxyl groups is 1. The molecule has 0 spiro atoms. The summed E-state index contributed by atoms with van der Waals surface area (Å²) in [4.78, 5) is 4.70. The first-order chi connectivity index (χ1) is 10.4. The fourth-order valence-corrected chi connectivity index (χ4v) is 3.44. The minimum Gasteiger partial charge on any atom is -0.393 e. The first-order valence-electron chi connectivity index (χ1n) is 7.76. The molecule has 1 heterocycles. The standard InChI is InChI=1S/C18H26N2OS/c1-13-5-7-15(8-6-13)17-20-16(11-22-17)10-19-12-18(3,4)9-14(2)21/h5-8,11,14,19,21H,9-10,12H2,1-4H3. The molecule has 1 atom stereocenters. The van der Waals surface area contributed by atoms with Gasteiger partial charge in [0.2, 0.25) is 0 Å². The molecule has 2 N–H and O–H groups in total. The van der Waals surface area contributed by atoms with Crippen LogP contribution in [-0.2, 0) is 6.54 Å². The summed E-state index contributed by atoms with van der Waals surface area (Å²) in [6.07, 6.45) is 0.537. The lowest BCUT2D eigenvalue weighted by molar-refractivity contribution is 0.128. The summed E-state index contributed by atoms with van der Waals surface area (Å²) in [7, 11) is 0. The van der Waals surface area contributed by atoms with Gasteiger partial charge >= 0.3 is 0 Å². The number of thiazole rings is 1. The highest BCUT2D eigenvalue weighted by Crippen LogP contribution is 2.24. The lowest BCUT2D eigenvalue weighted by atomic mass is 9.87. The van der Waals surface area contributed by atoms with Crippen LogP contribution in [0.4, 0.5) is 0 Å². The summed E-state index contributed by atoms with van der Waals surface area (Å²) in [5.41, 5.74) is 3.61. The zero-order chi connectivity index (χ0) is 16.2. The van der Waals surface area contributed by atoms with Gasteiger partial charge in [0, 0.05) is 24.0 Å². The topological polar surface area (TPSA) is 45.2 Å². The van der Waals surface area contributed by atoms with Crippen molar-refractivity contribution in [3.05, 3.63) is 40.9 Å². The summed E-state index contributed by atoms with van der Waals surface area (Å²) in [5.74, 6) is 0. The number of rotatable bonds is 7. The summed E-state index contributed by atoms with van der Waals surface area (Å²) in [6.45, 7) is 9.92. The molecule has 0 radical (unpaired) electrons. The van der Waals surface area contributed by atoms with Gasteiger partial charge in [0.1, 0.15) is 5.01 Å². The Morgan fingerprint density at radius 2 is 1.95 bits per heavy atom. The molecular weight excluding hydrogens is 292 g/mol. The Labute approximate surface area is 137 Å². The molecule has 2 rings (SSSR count). The number of nitrogens with zero attached hydrogens (tertiary/aromatic N) is 1. The van der Waals surface area contributed by atoms with Crippen molar-refractivity contribution in [3.63, 3.8) is 0 Å². The van der Waals surface area contributed by atoms with Crippen LogP contribution < -0.4 is 5.32 Å². The molecular formula is C18H26N2OS. The van der Waals surface area contributed by atoms with E-state index in [-0.39, 0.29) is 11.5 Å². The summed E-state index contributed by atoms with van der Waals surface area (Å²) in [6, 6.07) is 8.48. The van der Waals surface area contributed by atoms with E-state index in [2.05, 4.69) is 55.7 Å². The van der Waals surface area contributed by atoms with E-state index in [1.807, 2.05) is 6.92 Å². The van der Waals surface area contributed by atoms with E-state index in [0.29, 0.717) is 0 Å². The lowest BCUT2D eigenvalue weighted by Crippen LogP contribution is -2.31. The summed E-state index contributed by atoms with van der Waals surface area (Å²) >= 11 is 1.69. The van der Waals surface area contributed by atoms with Gasteiger partial charge in [-0.05, 0) is 25.7 Å². The number of aliphatic hydroxyl groups excluding tert-OH is 1. The largest absolute Gasteiger partial charge is 0.393 e. The van der Waals surface area contributed by atoms with Crippen LogP contribution in [0.3, 0.4) is 0 Å². The van der Waals surface area contributed by atoms with E-state index < -0.39 is 0 Å². The van der Waals surface area contributed by atoms with Gasteiger partial charge < -0.3 is 10.4 Å². The average Bonchev–Trinajstić information content (AvgIpc) is 2.86. The molecule has 0 aliphatic heterocycles. The molecule has 4 heteroatoms. The van der Waals surface area contributed by atoms with Crippen LogP contribution in [0, 0.1) is 12.3 Å².